The van der Waals surface area contributed by atoms with E-state index in [0.29, 0.717) is 6.61 Å². The van der Waals surface area contributed by atoms with Gasteiger partial charge in [-0.3, -0.25) is 0 Å². The molecule has 1 aliphatic rings. The Morgan fingerprint density at radius 1 is 1.14 bits per heavy atom. The van der Waals surface area contributed by atoms with Crippen molar-refractivity contribution < 1.29 is 8.95 Å². The Labute approximate surface area is 134 Å². The van der Waals surface area contributed by atoms with Crippen LogP contribution in [0.15, 0.2) is 41.3 Å². The zero-order chi connectivity index (χ0) is 15.7. The average Bonchev–Trinajstić information content (AvgIpc) is 2.46. The van der Waals surface area contributed by atoms with Crippen molar-refractivity contribution in [2.45, 2.75) is 38.1 Å². The predicted molar refractivity (Wildman–Crippen MR) is 89.5 cm³/mol. The van der Waals surface area contributed by atoms with Gasteiger partial charge in [-0.05, 0) is 38.0 Å². The monoisotopic (exact) mass is 315 g/mol. The van der Waals surface area contributed by atoms with Crippen LogP contribution in [0.5, 0.6) is 5.75 Å². The van der Waals surface area contributed by atoms with Crippen LogP contribution in [0.2, 0.25) is 0 Å². The van der Waals surface area contributed by atoms with E-state index in [1.54, 1.807) is 0 Å². The summed E-state index contributed by atoms with van der Waals surface area (Å²) in [6, 6.07) is 12.2. The molecular formula is C18H21NO2S. The summed E-state index contributed by atoms with van der Waals surface area (Å²) in [5.41, 5.74) is 4.43. The Balaban J connectivity index is 1.87. The zero-order valence-corrected chi connectivity index (χ0v) is 14.0. The molecule has 0 fully saturated rings. The molecule has 0 unspecified atom stereocenters. The van der Waals surface area contributed by atoms with Crippen LogP contribution in [0.3, 0.4) is 0 Å². The molecule has 0 radical (unpaired) electrons. The smallest absolute Gasteiger partial charge is 0.126 e. The Morgan fingerprint density at radius 3 is 2.55 bits per heavy atom. The van der Waals surface area contributed by atoms with Gasteiger partial charge in [-0.2, -0.15) is 0 Å². The van der Waals surface area contributed by atoms with E-state index in [9.17, 15) is 4.21 Å². The number of nitrogens with one attached hydrogen (secondary N) is 1. The third kappa shape index (κ3) is 2.94. The summed E-state index contributed by atoms with van der Waals surface area (Å²) < 4.78 is 21.8. The van der Waals surface area contributed by atoms with Crippen LogP contribution in [0, 0.1) is 20.8 Å². The van der Waals surface area contributed by atoms with E-state index in [0.717, 1.165) is 33.8 Å². The third-order valence-electron chi connectivity index (χ3n) is 4.00. The van der Waals surface area contributed by atoms with Gasteiger partial charge in [0.15, 0.2) is 0 Å². The predicted octanol–water partition coefficient (Wildman–Crippen LogP) is 3.75. The van der Waals surface area contributed by atoms with Gasteiger partial charge in [0.1, 0.15) is 16.7 Å². The van der Waals surface area contributed by atoms with Crippen molar-refractivity contribution in [3.63, 3.8) is 0 Å². The highest BCUT2D eigenvalue weighted by Gasteiger charge is 2.24. The SMILES string of the molecule is Cc1cc(C)c([S@](=O)N[C@@H]2CCOc3ccccc32)c(C)c1. The van der Waals surface area contributed by atoms with Gasteiger partial charge in [0.25, 0.3) is 0 Å². The lowest BCUT2D eigenvalue weighted by Crippen LogP contribution is -2.29. The number of fused-ring (bicyclic) bond motifs is 1. The molecule has 0 aromatic heterocycles. The number of benzene rings is 2. The lowest BCUT2D eigenvalue weighted by atomic mass is 10.0. The molecule has 0 aliphatic carbocycles. The van der Waals surface area contributed by atoms with Gasteiger partial charge < -0.3 is 4.74 Å². The van der Waals surface area contributed by atoms with Crippen molar-refractivity contribution in [3.05, 3.63) is 58.7 Å². The summed E-state index contributed by atoms with van der Waals surface area (Å²) in [7, 11) is -1.23. The molecular weight excluding hydrogens is 294 g/mol. The largest absolute Gasteiger partial charge is 0.493 e. The molecule has 116 valence electrons. The first-order valence-electron chi connectivity index (χ1n) is 7.54. The summed E-state index contributed by atoms with van der Waals surface area (Å²) in [4.78, 5) is 0.898. The van der Waals surface area contributed by atoms with Crippen molar-refractivity contribution in [2.75, 3.05) is 6.61 Å². The van der Waals surface area contributed by atoms with Crippen LogP contribution in [0.25, 0.3) is 0 Å². The normalized spacial score (nSPS) is 18.4. The Morgan fingerprint density at radius 2 is 1.82 bits per heavy atom. The second kappa shape index (κ2) is 6.23. The first-order valence-corrected chi connectivity index (χ1v) is 8.69. The fraction of sp³-hybridized carbons (Fsp3) is 0.333. The maximum Gasteiger partial charge on any atom is 0.126 e. The minimum Gasteiger partial charge on any atom is -0.493 e. The molecule has 4 heteroatoms. The molecule has 2 atom stereocenters. The van der Waals surface area contributed by atoms with Crippen molar-refractivity contribution in [1.82, 2.24) is 4.72 Å². The van der Waals surface area contributed by atoms with E-state index >= 15 is 0 Å². The van der Waals surface area contributed by atoms with Crippen molar-refractivity contribution in [3.8, 4) is 5.75 Å². The van der Waals surface area contributed by atoms with Crippen LogP contribution in [0.4, 0.5) is 0 Å². The van der Waals surface area contributed by atoms with E-state index in [1.807, 2.05) is 38.1 Å². The van der Waals surface area contributed by atoms with Crippen molar-refractivity contribution in [2.24, 2.45) is 0 Å². The summed E-state index contributed by atoms with van der Waals surface area (Å²) >= 11 is 0. The lowest BCUT2D eigenvalue weighted by Gasteiger charge is -2.26. The van der Waals surface area contributed by atoms with Crippen LogP contribution < -0.4 is 9.46 Å². The van der Waals surface area contributed by atoms with Gasteiger partial charge in [0.2, 0.25) is 0 Å². The second-order valence-corrected chi connectivity index (χ2v) is 7.02. The number of hydrogen-bond acceptors (Lipinski definition) is 2. The molecule has 3 rings (SSSR count). The standard InChI is InChI=1S/C18H21NO2S/c1-12-10-13(2)18(14(3)11-12)22(20)19-16-8-9-21-17-7-5-4-6-15(16)17/h4-7,10-11,16,19H,8-9H2,1-3H3/t16-,22+/m1/s1. The Kier molecular flexibility index (Phi) is 4.32. The summed E-state index contributed by atoms with van der Waals surface area (Å²) in [5, 5.41) is 0. The first-order chi connectivity index (χ1) is 10.6. The first kappa shape index (κ1) is 15.3. The average molecular weight is 315 g/mol. The van der Waals surface area contributed by atoms with E-state index in [4.69, 9.17) is 4.74 Å². The van der Waals surface area contributed by atoms with Gasteiger partial charge in [-0.1, -0.05) is 35.9 Å². The van der Waals surface area contributed by atoms with Crippen molar-refractivity contribution in [1.29, 1.82) is 0 Å². The summed E-state index contributed by atoms with van der Waals surface area (Å²) in [6.45, 7) is 6.76. The van der Waals surface area contributed by atoms with Crippen molar-refractivity contribution >= 4 is 11.0 Å². The summed E-state index contributed by atoms with van der Waals surface area (Å²) in [5.74, 6) is 0.889. The van der Waals surface area contributed by atoms with Crippen LogP contribution in [0.1, 0.15) is 34.7 Å². The molecule has 2 aromatic rings. The quantitative estimate of drug-likeness (QED) is 0.937. The number of aryl methyl sites for hydroxylation is 3. The molecule has 1 aliphatic heterocycles. The number of hydrogen-bond donors (Lipinski definition) is 1. The Hall–Kier alpha value is -1.65. The number of para-hydroxylation sites is 1. The molecule has 1 N–H and O–H groups in total. The molecule has 0 saturated carbocycles. The molecule has 2 aromatic carbocycles. The minimum absolute atomic E-state index is 0.0610. The van der Waals surface area contributed by atoms with E-state index in [-0.39, 0.29) is 6.04 Å². The number of rotatable bonds is 3. The van der Waals surface area contributed by atoms with E-state index < -0.39 is 11.0 Å². The fourth-order valence-electron chi connectivity index (χ4n) is 3.11. The molecule has 1 heterocycles. The molecule has 0 amide bonds. The second-order valence-electron chi connectivity index (χ2n) is 5.84. The molecule has 3 nitrogen and oxygen atoms in total. The highest BCUT2D eigenvalue weighted by Crippen LogP contribution is 2.32. The lowest BCUT2D eigenvalue weighted by molar-refractivity contribution is 0.264. The Bertz CT molecular complexity index is 704. The number of ether oxygens (including phenoxy) is 1. The van der Waals surface area contributed by atoms with Gasteiger partial charge >= 0.3 is 0 Å². The molecule has 22 heavy (non-hydrogen) atoms. The van der Waals surface area contributed by atoms with E-state index in [2.05, 4.69) is 23.8 Å². The van der Waals surface area contributed by atoms with Crippen LogP contribution in [-0.2, 0) is 11.0 Å². The van der Waals surface area contributed by atoms with E-state index in [1.165, 1.54) is 5.56 Å². The fourth-order valence-corrected chi connectivity index (χ4v) is 4.44. The van der Waals surface area contributed by atoms with Gasteiger partial charge in [-0.15, -0.1) is 0 Å². The minimum atomic E-state index is -1.23. The van der Waals surface area contributed by atoms with Crippen LogP contribution in [-0.4, -0.2) is 10.8 Å². The molecule has 0 saturated heterocycles. The third-order valence-corrected chi connectivity index (χ3v) is 5.51. The van der Waals surface area contributed by atoms with Gasteiger partial charge in [0, 0.05) is 12.0 Å². The highest BCUT2D eigenvalue weighted by molar-refractivity contribution is 7.83. The summed E-state index contributed by atoms with van der Waals surface area (Å²) in [6.07, 6.45) is 0.826. The highest BCUT2D eigenvalue weighted by atomic mass is 32.2. The maximum absolute atomic E-state index is 12.8. The maximum atomic E-state index is 12.8. The van der Waals surface area contributed by atoms with Crippen LogP contribution >= 0.6 is 0 Å². The van der Waals surface area contributed by atoms with Gasteiger partial charge in [-0.25, -0.2) is 8.93 Å². The molecule has 0 bridgehead atoms. The van der Waals surface area contributed by atoms with Gasteiger partial charge in [0.05, 0.1) is 17.5 Å². The molecule has 0 spiro atoms. The topological polar surface area (TPSA) is 38.3 Å². The zero-order valence-electron chi connectivity index (χ0n) is 13.2.